The van der Waals surface area contributed by atoms with E-state index in [1.165, 1.54) is 39.8 Å². The summed E-state index contributed by atoms with van der Waals surface area (Å²) in [6.07, 6.45) is 1.74. The number of amides is 2. The van der Waals surface area contributed by atoms with Crippen LogP contribution in [0.5, 0.6) is 0 Å². The first-order valence-electron chi connectivity index (χ1n) is 16.0. The molecule has 9 nitrogen and oxygen atoms in total. The first-order valence-corrected chi connectivity index (χ1v) is 18.7. The molecule has 0 spiro atoms. The van der Waals surface area contributed by atoms with Crippen LogP contribution in [-0.4, -0.2) is 50.8 Å². The summed E-state index contributed by atoms with van der Waals surface area (Å²) < 4.78 is 6.96. The number of carboxylic acids is 1. The van der Waals surface area contributed by atoms with Crippen molar-refractivity contribution in [3.8, 4) is 0 Å². The molecule has 3 heterocycles. The van der Waals surface area contributed by atoms with E-state index in [-0.39, 0.29) is 87.7 Å². The minimum absolute atomic E-state index is 0. The average Bonchev–Trinajstić information content (AvgIpc) is 3.54. The maximum Gasteiger partial charge on any atom is 1.00 e. The normalized spacial score (nSPS) is 19.5. The summed E-state index contributed by atoms with van der Waals surface area (Å²) in [5.41, 5.74) is 3.33. The third kappa shape index (κ3) is 8.15. The quantitative estimate of drug-likeness (QED) is 0.139. The Kier molecular flexibility index (Phi) is 12.4. The molecule has 3 aliphatic rings. The van der Waals surface area contributed by atoms with Crippen LogP contribution in [0.1, 0.15) is 58.5 Å². The van der Waals surface area contributed by atoms with Crippen LogP contribution in [0.25, 0.3) is 0 Å². The van der Waals surface area contributed by atoms with Crippen molar-refractivity contribution < 1.29 is 80.4 Å². The molecule has 1 fully saturated rings. The Labute approximate surface area is 345 Å². The van der Waals surface area contributed by atoms with E-state index in [2.05, 4.69) is 5.32 Å². The second-order valence-electron chi connectivity index (χ2n) is 12.1. The summed E-state index contributed by atoms with van der Waals surface area (Å²) in [4.78, 5) is 60.5. The molecule has 1 unspecified atom stereocenters. The number of carbonyl (C=O) groups excluding carboxylic acids is 4. The van der Waals surface area contributed by atoms with Crippen molar-refractivity contribution in [1.82, 2.24) is 15.2 Å². The number of β-lactam (4-membered cyclic amide) rings is 1. The Bertz CT molecular complexity index is 1870. The predicted molar refractivity (Wildman–Crippen MR) is 186 cm³/mol. The van der Waals surface area contributed by atoms with E-state index in [9.17, 15) is 24.3 Å². The summed E-state index contributed by atoms with van der Waals surface area (Å²) in [6.45, 7) is 0. The smallest absolute Gasteiger partial charge is 0.550 e. The molecule has 1 aliphatic carbocycles. The Hall–Kier alpha value is -2.75. The molecule has 13 heteroatoms. The Balaban J connectivity index is 0.00000432. The van der Waals surface area contributed by atoms with Gasteiger partial charge in [0.25, 0.3) is 5.91 Å². The number of carboxylic acid groups (broad SMARTS) is 1. The van der Waals surface area contributed by atoms with Gasteiger partial charge in [0.2, 0.25) is 5.91 Å². The number of thiazole rings is 1. The SMILES string of the molecule is O=C([O-])CC1CCCc2sc(SC3=C(C(=O)OC(c4ccccc4)c4ccccc4)N4C(=O)[C@@H](NC(=O)Cc5ccccc5)[C@@H]4SC3)nc21.[K+]. The summed E-state index contributed by atoms with van der Waals surface area (Å²) in [6, 6.07) is 27.4. The second-order valence-corrected chi connectivity index (χ2v) is 15.6. The van der Waals surface area contributed by atoms with Crippen molar-refractivity contribution in [3.05, 3.63) is 129 Å². The number of aromatic nitrogens is 1. The zero-order valence-corrected chi connectivity index (χ0v) is 32.9. The first-order chi connectivity index (χ1) is 23.9. The van der Waals surface area contributed by atoms with Crippen molar-refractivity contribution in [1.29, 1.82) is 0 Å². The minimum atomic E-state index is -1.10. The number of ether oxygens (including phenoxy) is 1. The first kappa shape index (κ1) is 37.0. The standard InChI is InChI=1S/C37H33N3O6S3.K/c41-28(19-22-11-4-1-5-12-22)38-31-34(44)40-32(36(45)46-33(23-13-6-2-7-14-23)24-15-8-3-9-16-24)27(21-47-35(31)40)49-37-39-30-25(20-29(42)43)17-10-18-26(30)48-37;/h1-9,11-16,25,31,33,35H,10,17-21H2,(H,38,41)(H,42,43);/q;+1/p-1/t25?,31-,35+;/m1./s1. The van der Waals surface area contributed by atoms with Gasteiger partial charge < -0.3 is 20.0 Å². The van der Waals surface area contributed by atoms with Crippen molar-refractivity contribution in [3.63, 3.8) is 0 Å². The molecule has 1 N–H and O–H groups in total. The molecule has 4 aromatic rings. The van der Waals surface area contributed by atoms with Crippen LogP contribution >= 0.6 is 34.9 Å². The van der Waals surface area contributed by atoms with Crippen LogP contribution in [0.2, 0.25) is 0 Å². The number of aryl methyl sites for hydroxylation is 1. The van der Waals surface area contributed by atoms with Crippen LogP contribution in [-0.2, 0) is 36.8 Å². The van der Waals surface area contributed by atoms with Gasteiger partial charge in [-0.3, -0.25) is 14.5 Å². The molecular formula is C37H32KN3O6S3. The van der Waals surface area contributed by atoms with E-state index in [1.54, 1.807) is 0 Å². The van der Waals surface area contributed by atoms with Crippen molar-refractivity contribution in [2.75, 3.05) is 5.75 Å². The van der Waals surface area contributed by atoms with Crippen LogP contribution in [0.4, 0.5) is 0 Å². The third-order valence-electron chi connectivity index (χ3n) is 8.75. The number of thioether (sulfide) groups is 2. The molecule has 1 saturated heterocycles. The summed E-state index contributed by atoms with van der Waals surface area (Å²) in [7, 11) is 0. The molecule has 0 radical (unpaired) electrons. The van der Waals surface area contributed by atoms with Crippen molar-refractivity contribution in [2.24, 2.45) is 0 Å². The number of esters is 1. The number of fused-ring (bicyclic) bond motifs is 2. The van der Waals surface area contributed by atoms with Gasteiger partial charge in [-0.25, -0.2) is 9.78 Å². The number of benzene rings is 3. The Morgan fingerprint density at radius 3 is 2.26 bits per heavy atom. The average molecular weight is 750 g/mol. The van der Waals surface area contributed by atoms with Gasteiger partial charge in [-0.2, -0.15) is 0 Å². The Morgan fingerprint density at radius 1 is 0.980 bits per heavy atom. The van der Waals surface area contributed by atoms with E-state index >= 15 is 0 Å². The number of hydrogen-bond donors (Lipinski definition) is 1. The molecule has 0 saturated carbocycles. The number of rotatable bonds is 11. The maximum absolute atomic E-state index is 14.4. The Morgan fingerprint density at radius 2 is 1.62 bits per heavy atom. The molecule has 7 rings (SSSR count). The van der Waals surface area contributed by atoms with Gasteiger partial charge >= 0.3 is 57.4 Å². The van der Waals surface area contributed by atoms with Gasteiger partial charge in [0.1, 0.15) is 17.1 Å². The zero-order valence-electron chi connectivity index (χ0n) is 27.3. The molecule has 3 atom stereocenters. The van der Waals surface area contributed by atoms with Gasteiger partial charge in [-0.1, -0.05) is 103 Å². The summed E-state index contributed by atoms with van der Waals surface area (Å²) in [5, 5.41) is 13.8. The van der Waals surface area contributed by atoms with Crippen LogP contribution < -0.4 is 61.8 Å². The monoisotopic (exact) mass is 749 g/mol. The van der Waals surface area contributed by atoms with Gasteiger partial charge in [0.05, 0.1) is 12.1 Å². The molecule has 2 aliphatic heterocycles. The van der Waals surface area contributed by atoms with Crippen LogP contribution in [0, 0.1) is 0 Å². The second kappa shape index (κ2) is 16.7. The van der Waals surface area contributed by atoms with Crippen molar-refractivity contribution >= 4 is 58.6 Å². The fourth-order valence-electron chi connectivity index (χ4n) is 6.45. The fourth-order valence-corrected chi connectivity index (χ4v) is 10.4. The predicted octanol–water partition coefficient (Wildman–Crippen LogP) is 1.99. The van der Waals surface area contributed by atoms with E-state index in [0.29, 0.717) is 15.0 Å². The van der Waals surface area contributed by atoms with E-state index in [0.717, 1.165) is 46.5 Å². The molecule has 3 aromatic carbocycles. The molecule has 1 aromatic heterocycles. The van der Waals surface area contributed by atoms with Gasteiger partial charge in [-0.05, 0) is 42.4 Å². The van der Waals surface area contributed by atoms with Crippen LogP contribution in [0.15, 0.2) is 106 Å². The minimum Gasteiger partial charge on any atom is -0.550 e. The summed E-state index contributed by atoms with van der Waals surface area (Å²) >= 11 is 4.28. The van der Waals surface area contributed by atoms with Crippen LogP contribution in [0.3, 0.4) is 0 Å². The van der Waals surface area contributed by atoms with E-state index in [1.807, 2.05) is 91.0 Å². The van der Waals surface area contributed by atoms with Crippen molar-refractivity contribution in [2.45, 2.75) is 59.9 Å². The zero-order chi connectivity index (χ0) is 33.9. The number of hydrogen-bond acceptors (Lipinski definition) is 10. The number of nitrogens with zero attached hydrogens (tertiary/aromatic N) is 2. The fraction of sp³-hybridized carbons (Fsp3) is 0.270. The number of nitrogens with one attached hydrogen (secondary N) is 1. The molecule has 2 amide bonds. The van der Waals surface area contributed by atoms with Gasteiger partial charge in [0.15, 0.2) is 10.4 Å². The maximum atomic E-state index is 14.4. The number of carbonyl (C=O) groups is 4. The molecule has 50 heavy (non-hydrogen) atoms. The molecule has 250 valence electrons. The third-order valence-corrected chi connectivity index (χ3v) is 12.5. The van der Waals surface area contributed by atoms with Gasteiger partial charge in [0, 0.05) is 27.4 Å². The summed E-state index contributed by atoms with van der Waals surface area (Å²) in [5.74, 6) is -2.22. The van der Waals surface area contributed by atoms with E-state index in [4.69, 9.17) is 9.72 Å². The number of aliphatic carboxylic acids is 1. The largest absolute Gasteiger partial charge is 1.00 e. The van der Waals surface area contributed by atoms with E-state index < -0.39 is 29.5 Å². The topological polar surface area (TPSA) is 129 Å². The molecular weight excluding hydrogens is 718 g/mol. The van der Waals surface area contributed by atoms with Gasteiger partial charge in [-0.15, -0.1) is 23.1 Å². The molecule has 0 bridgehead atoms.